The molecule has 2 unspecified atom stereocenters. The van der Waals surface area contributed by atoms with Crippen LogP contribution in [0.25, 0.3) is 0 Å². The Kier molecular flexibility index (Phi) is 2.79. The summed E-state index contributed by atoms with van der Waals surface area (Å²) < 4.78 is 0. The summed E-state index contributed by atoms with van der Waals surface area (Å²) in [6, 6.07) is 0. The first kappa shape index (κ1) is 10.3. The van der Waals surface area contributed by atoms with Crippen molar-refractivity contribution in [2.75, 3.05) is 0 Å². The maximum Gasteiger partial charge on any atom is 0.175 e. The van der Waals surface area contributed by atoms with Crippen LogP contribution in [0.15, 0.2) is 0 Å². The highest BCUT2D eigenvalue weighted by atomic mass is 16.1. The van der Waals surface area contributed by atoms with Crippen LogP contribution in [-0.2, 0) is 18.3 Å². The molecule has 0 aliphatic heterocycles. The molecule has 0 spiro atoms. The highest BCUT2D eigenvalue weighted by Gasteiger charge is 2.27. The van der Waals surface area contributed by atoms with Gasteiger partial charge in [-0.15, -0.1) is 10.2 Å². The van der Waals surface area contributed by atoms with Gasteiger partial charge in [-0.2, -0.15) is 4.80 Å². The molecule has 1 aliphatic carbocycles. The van der Waals surface area contributed by atoms with E-state index in [-0.39, 0.29) is 0 Å². The van der Waals surface area contributed by atoms with E-state index < -0.39 is 0 Å². The molecule has 1 aromatic heterocycles. The van der Waals surface area contributed by atoms with E-state index in [0.29, 0.717) is 24.0 Å². The summed E-state index contributed by atoms with van der Waals surface area (Å²) in [5.74, 6) is 2.12. The first-order valence-corrected chi connectivity index (χ1v) is 5.39. The average Bonchev–Trinajstić information content (AvgIpc) is 2.58. The Bertz CT molecular complexity index is 360. The van der Waals surface area contributed by atoms with E-state index in [0.717, 1.165) is 25.1 Å². The number of carbonyl (C=O) groups excluding carboxylic acids is 1. The summed E-state index contributed by atoms with van der Waals surface area (Å²) in [4.78, 5) is 12.8. The third-order valence-electron chi connectivity index (χ3n) is 3.17. The van der Waals surface area contributed by atoms with Crippen LogP contribution >= 0.6 is 0 Å². The van der Waals surface area contributed by atoms with E-state index in [4.69, 9.17) is 0 Å². The second-order valence-corrected chi connectivity index (χ2v) is 4.42. The van der Waals surface area contributed by atoms with Crippen LogP contribution in [0.3, 0.4) is 0 Å². The number of tetrazole rings is 1. The van der Waals surface area contributed by atoms with Crippen LogP contribution in [0, 0.1) is 11.8 Å². The minimum atomic E-state index is 0.377. The maximum atomic E-state index is 11.4. The summed E-state index contributed by atoms with van der Waals surface area (Å²) in [6.07, 6.45) is 3.20. The lowest BCUT2D eigenvalue weighted by atomic mass is 9.78. The van der Waals surface area contributed by atoms with Crippen LogP contribution in [-0.4, -0.2) is 26.0 Å². The molecule has 1 heterocycles. The Morgan fingerprint density at radius 1 is 1.53 bits per heavy atom. The van der Waals surface area contributed by atoms with Crippen molar-refractivity contribution in [1.82, 2.24) is 20.2 Å². The number of hydrogen-bond acceptors (Lipinski definition) is 4. The molecule has 0 amide bonds. The molecule has 15 heavy (non-hydrogen) atoms. The van der Waals surface area contributed by atoms with Crippen LogP contribution in [0.4, 0.5) is 0 Å². The molecule has 5 nitrogen and oxygen atoms in total. The molecule has 1 aromatic rings. The van der Waals surface area contributed by atoms with Gasteiger partial charge in [-0.1, -0.05) is 6.92 Å². The zero-order valence-corrected chi connectivity index (χ0v) is 9.18. The third-order valence-corrected chi connectivity index (χ3v) is 3.17. The van der Waals surface area contributed by atoms with Crippen molar-refractivity contribution in [2.24, 2.45) is 18.9 Å². The zero-order valence-electron chi connectivity index (χ0n) is 9.18. The number of aryl methyl sites for hydroxylation is 1. The van der Waals surface area contributed by atoms with Crippen molar-refractivity contribution in [2.45, 2.75) is 32.6 Å². The summed E-state index contributed by atoms with van der Waals surface area (Å²) in [5.41, 5.74) is 0. The molecular weight excluding hydrogens is 192 g/mol. The summed E-state index contributed by atoms with van der Waals surface area (Å²) in [5, 5.41) is 11.9. The molecule has 2 rings (SSSR count). The highest BCUT2D eigenvalue weighted by molar-refractivity contribution is 5.79. The van der Waals surface area contributed by atoms with Crippen molar-refractivity contribution in [3.63, 3.8) is 0 Å². The normalized spacial score (nSPS) is 26.9. The van der Waals surface area contributed by atoms with Gasteiger partial charge in [0, 0.05) is 19.3 Å². The number of hydrogen-bond donors (Lipinski definition) is 0. The van der Waals surface area contributed by atoms with Crippen molar-refractivity contribution in [3.05, 3.63) is 5.82 Å². The monoisotopic (exact) mass is 208 g/mol. The Hall–Kier alpha value is -1.26. The van der Waals surface area contributed by atoms with Gasteiger partial charge in [0.15, 0.2) is 5.82 Å². The third kappa shape index (κ3) is 2.40. The van der Waals surface area contributed by atoms with Crippen LogP contribution < -0.4 is 0 Å². The molecule has 0 saturated heterocycles. The minimum absolute atomic E-state index is 0.377. The number of carbonyl (C=O) groups is 1. The molecule has 5 heteroatoms. The van der Waals surface area contributed by atoms with Crippen LogP contribution in [0.5, 0.6) is 0 Å². The predicted octanol–water partition coefficient (Wildman–Crippen LogP) is 0.758. The lowest BCUT2D eigenvalue weighted by molar-refractivity contribution is -0.122. The maximum absolute atomic E-state index is 11.4. The lowest BCUT2D eigenvalue weighted by Gasteiger charge is -2.26. The molecule has 0 radical (unpaired) electrons. The summed E-state index contributed by atoms with van der Waals surface area (Å²) in [6.45, 7) is 2.20. The number of aromatic nitrogens is 4. The molecule has 1 saturated carbocycles. The standard InChI is InChI=1S/C10H16N4O/c1-7-3-4-9(15)5-8(7)6-10-11-13-14(2)12-10/h7-8H,3-6H2,1-2H3. The number of rotatable bonds is 2. The molecule has 0 bridgehead atoms. The van der Waals surface area contributed by atoms with Crippen molar-refractivity contribution in [1.29, 1.82) is 0 Å². The average molecular weight is 208 g/mol. The molecule has 0 N–H and O–H groups in total. The second kappa shape index (κ2) is 4.08. The fourth-order valence-electron chi connectivity index (χ4n) is 2.13. The smallest absolute Gasteiger partial charge is 0.175 e. The zero-order chi connectivity index (χ0) is 10.8. The molecule has 82 valence electrons. The number of ketones is 1. The van der Waals surface area contributed by atoms with E-state index >= 15 is 0 Å². The predicted molar refractivity (Wildman–Crippen MR) is 54.0 cm³/mol. The van der Waals surface area contributed by atoms with Gasteiger partial charge in [-0.05, 0) is 23.5 Å². The fourth-order valence-corrected chi connectivity index (χ4v) is 2.13. The first-order valence-electron chi connectivity index (χ1n) is 5.39. The number of nitrogens with zero attached hydrogens (tertiary/aromatic N) is 4. The van der Waals surface area contributed by atoms with E-state index in [9.17, 15) is 4.79 Å². The van der Waals surface area contributed by atoms with Crippen LogP contribution in [0.2, 0.25) is 0 Å². The van der Waals surface area contributed by atoms with Gasteiger partial charge in [0.1, 0.15) is 5.78 Å². The molecule has 0 aromatic carbocycles. The SMILES string of the molecule is CC1CCC(=O)CC1Cc1nnn(C)n1. The first-order chi connectivity index (χ1) is 7.15. The molecule has 1 aliphatic rings. The quantitative estimate of drug-likeness (QED) is 0.719. The lowest BCUT2D eigenvalue weighted by Crippen LogP contribution is -2.25. The largest absolute Gasteiger partial charge is 0.300 e. The van der Waals surface area contributed by atoms with E-state index in [2.05, 4.69) is 22.3 Å². The van der Waals surface area contributed by atoms with Crippen molar-refractivity contribution >= 4 is 5.78 Å². The fraction of sp³-hybridized carbons (Fsp3) is 0.800. The van der Waals surface area contributed by atoms with Crippen molar-refractivity contribution < 1.29 is 4.79 Å². The number of Topliss-reactive ketones (excluding diaryl/α,β-unsaturated/α-hetero) is 1. The van der Waals surface area contributed by atoms with E-state index in [1.165, 1.54) is 4.80 Å². The Balaban J connectivity index is 2.01. The van der Waals surface area contributed by atoms with Gasteiger partial charge < -0.3 is 0 Å². The van der Waals surface area contributed by atoms with Gasteiger partial charge in [-0.25, -0.2) is 0 Å². The van der Waals surface area contributed by atoms with E-state index in [1.54, 1.807) is 7.05 Å². The van der Waals surface area contributed by atoms with Gasteiger partial charge in [-0.3, -0.25) is 4.79 Å². The van der Waals surface area contributed by atoms with Gasteiger partial charge in [0.2, 0.25) is 0 Å². The Labute approximate surface area is 88.9 Å². The highest BCUT2D eigenvalue weighted by Crippen LogP contribution is 2.29. The van der Waals surface area contributed by atoms with Gasteiger partial charge >= 0.3 is 0 Å². The Morgan fingerprint density at radius 2 is 2.33 bits per heavy atom. The van der Waals surface area contributed by atoms with Gasteiger partial charge in [0.05, 0.1) is 7.05 Å². The van der Waals surface area contributed by atoms with Crippen molar-refractivity contribution in [3.8, 4) is 0 Å². The van der Waals surface area contributed by atoms with E-state index in [1.807, 2.05) is 0 Å². The summed E-state index contributed by atoms with van der Waals surface area (Å²) in [7, 11) is 1.76. The summed E-state index contributed by atoms with van der Waals surface area (Å²) >= 11 is 0. The molecule has 1 fully saturated rings. The molecule has 2 atom stereocenters. The van der Waals surface area contributed by atoms with Gasteiger partial charge in [0.25, 0.3) is 0 Å². The second-order valence-electron chi connectivity index (χ2n) is 4.42. The minimum Gasteiger partial charge on any atom is -0.300 e. The Morgan fingerprint density at radius 3 is 3.00 bits per heavy atom. The topological polar surface area (TPSA) is 60.7 Å². The van der Waals surface area contributed by atoms with Crippen LogP contribution in [0.1, 0.15) is 32.0 Å². The molecular formula is C10H16N4O.